The number of carbonyl (C=O) groups is 4. The van der Waals surface area contributed by atoms with Crippen molar-refractivity contribution >= 4 is 39.1 Å². The lowest BCUT2D eigenvalue weighted by molar-refractivity contribution is -0.131. The number of carbonyl (C=O) groups excluding carboxylic acids is 3. The number of hydrazine groups is 1. The smallest absolute Gasteiger partial charge is 0.346 e. The summed E-state index contributed by atoms with van der Waals surface area (Å²) in [6, 6.07) is 12.7. The molecule has 0 bridgehead atoms. The fourth-order valence-electron chi connectivity index (χ4n) is 3.46. The molecule has 2 aliphatic heterocycles. The molecule has 0 aliphatic carbocycles. The van der Waals surface area contributed by atoms with E-state index in [1.54, 1.807) is 30.1 Å². The highest BCUT2D eigenvalue weighted by Gasteiger charge is 2.41. The summed E-state index contributed by atoms with van der Waals surface area (Å²) in [5.41, 5.74) is 3.34. The Labute approximate surface area is 197 Å². The summed E-state index contributed by atoms with van der Waals surface area (Å²) in [5.74, 6) is -0.906. The Morgan fingerprint density at radius 3 is 2.50 bits per heavy atom. The lowest BCUT2D eigenvalue weighted by Gasteiger charge is -2.39. The molecule has 10 nitrogen and oxygen atoms in total. The lowest BCUT2D eigenvalue weighted by atomic mass is 10.1. The molecule has 0 saturated carbocycles. The van der Waals surface area contributed by atoms with Crippen molar-refractivity contribution in [3.63, 3.8) is 0 Å². The van der Waals surface area contributed by atoms with Crippen LogP contribution in [0, 0.1) is 0 Å². The standard InChI is InChI=1S/C23H22N4O6S/c1-25-23(32)26(12-15-6-8-17(9-7-15)21(29)30)20(28)19-13-34(14-27(19)25)22(31)24-11-16-4-3-5-18(10-16)33-2/h3-10,13-14H,11-12H2,1-2H3,(H,24,31)(H,29,30). The molecule has 0 radical (unpaired) electrons. The van der Waals surface area contributed by atoms with Crippen LogP contribution >= 0.6 is 10.5 Å². The number of hydrogen-bond acceptors (Lipinski definition) is 6. The molecule has 4 amide bonds. The van der Waals surface area contributed by atoms with Crippen LogP contribution in [0.2, 0.25) is 0 Å². The summed E-state index contributed by atoms with van der Waals surface area (Å²) in [4.78, 5) is 50.8. The number of aromatic carboxylic acids is 1. The number of rotatable bonds is 6. The first kappa shape index (κ1) is 23.1. The van der Waals surface area contributed by atoms with Gasteiger partial charge in [0.05, 0.1) is 24.7 Å². The van der Waals surface area contributed by atoms with Crippen LogP contribution in [0.4, 0.5) is 9.59 Å². The van der Waals surface area contributed by atoms with Gasteiger partial charge in [-0.25, -0.2) is 19.6 Å². The number of amides is 4. The van der Waals surface area contributed by atoms with E-state index in [1.807, 2.05) is 24.3 Å². The van der Waals surface area contributed by atoms with E-state index in [-0.39, 0.29) is 29.6 Å². The molecule has 0 aromatic heterocycles. The van der Waals surface area contributed by atoms with Gasteiger partial charge in [0.25, 0.3) is 11.1 Å². The number of nitrogens with one attached hydrogen (secondary N) is 1. The molecule has 2 aliphatic rings. The molecule has 11 heteroatoms. The number of ether oxygens (including phenoxy) is 1. The van der Waals surface area contributed by atoms with Crippen molar-refractivity contribution in [1.29, 1.82) is 0 Å². The first-order valence-corrected chi connectivity index (χ1v) is 11.5. The van der Waals surface area contributed by atoms with Gasteiger partial charge in [0.15, 0.2) is 0 Å². The first-order chi connectivity index (χ1) is 16.3. The molecule has 0 spiro atoms. The zero-order chi connectivity index (χ0) is 24.4. The molecule has 2 N–H and O–H groups in total. The fraction of sp³-hybridized carbons (Fsp3) is 0.174. The summed E-state index contributed by atoms with van der Waals surface area (Å²) in [5, 5.41) is 15.8. The van der Waals surface area contributed by atoms with Crippen molar-refractivity contribution in [2.24, 2.45) is 0 Å². The Kier molecular flexibility index (Phi) is 6.37. The van der Waals surface area contributed by atoms with Crippen LogP contribution in [0.15, 0.2) is 59.6 Å². The number of nitrogens with zero attached hydrogens (tertiary/aromatic N) is 3. The number of methoxy groups -OCH3 is 1. The molecule has 1 saturated heterocycles. The van der Waals surface area contributed by atoms with Crippen molar-refractivity contribution < 1.29 is 29.0 Å². The zero-order valence-corrected chi connectivity index (χ0v) is 19.2. The summed E-state index contributed by atoms with van der Waals surface area (Å²) in [6.45, 7) is 0.265. The Balaban J connectivity index is 1.47. The third-order valence-corrected chi connectivity index (χ3v) is 6.80. The van der Waals surface area contributed by atoms with Crippen LogP contribution < -0.4 is 10.1 Å². The third kappa shape index (κ3) is 4.50. The largest absolute Gasteiger partial charge is 0.497 e. The Bertz CT molecular complexity index is 1240. The van der Waals surface area contributed by atoms with Crippen LogP contribution in [-0.4, -0.2) is 62.8 Å². The van der Waals surface area contributed by atoms with Crippen molar-refractivity contribution in [2.45, 2.75) is 13.1 Å². The minimum absolute atomic E-state index is 0.0249. The van der Waals surface area contributed by atoms with Crippen LogP contribution in [0.1, 0.15) is 21.5 Å². The maximum atomic E-state index is 13.1. The molecule has 1 atom stereocenters. The molecule has 2 heterocycles. The normalized spacial score (nSPS) is 17.2. The highest BCUT2D eigenvalue weighted by molar-refractivity contribution is 8.30. The van der Waals surface area contributed by atoms with Gasteiger partial charge in [-0.15, -0.1) is 0 Å². The van der Waals surface area contributed by atoms with Crippen LogP contribution in [0.3, 0.4) is 0 Å². The van der Waals surface area contributed by atoms with Crippen LogP contribution in [0.5, 0.6) is 5.75 Å². The van der Waals surface area contributed by atoms with E-state index in [1.165, 1.54) is 29.2 Å². The summed E-state index contributed by atoms with van der Waals surface area (Å²) in [6.07, 6.45) is 0. The fourth-order valence-corrected chi connectivity index (χ4v) is 4.88. The number of carboxylic acid groups (broad SMARTS) is 1. The molecule has 2 aromatic carbocycles. The van der Waals surface area contributed by atoms with Gasteiger partial charge in [0, 0.05) is 19.0 Å². The van der Waals surface area contributed by atoms with E-state index < -0.39 is 28.4 Å². The second kappa shape index (κ2) is 9.40. The molecule has 34 heavy (non-hydrogen) atoms. The molecule has 1 unspecified atom stereocenters. The van der Waals surface area contributed by atoms with E-state index in [4.69, 9.17) is 9.84 Å². The van der Waals surface area contributed by atoms with Gasteiger partial charge in [-0.2, -0.15) is 0 Å². The second-order valence-electron chi connectivity index (χ2n) is 7.52. The van der Waals surface area contributed by atoms with E-state index in [2.05, 4.69) is 5.32 Å². The Morgan fingerprint density at radius 2 is 1.82 bits per heavy atom. The number of fused-ring (bicyclic) bond motifs is 1. The maximum Gasteiger partial charge on any atom is 0.346 e. The quantitative estimate of drug-likeness (QED) is 0.608. The van der Waals surface area contributed by atoms with Crippen LogP contribution in [0.25, 0.3) is 0 Å². The minimum atomic E-state index is -1.06. The monoisotopic (exact) mass is 482 g/mol. The Morgan fingerprint density at radius 1 is 1.09 bits per heavy atom. The van der Waals surface area contributed by atoms with Crippen molar-refractivity contribution in [3.8, 4) is 5.75 Å². The van der Waals surface area contributed by atoms with Gasteiger partial charge in [-0.05, 0) is 35.4 Å². The predicted molar refractivity (Wildman–Crippen MR) is 126 cm³/mol. The average Bonchev–Trinajstić information content (AvgIpc) is 3.30. The van der Waals surface area contributed by atoms with E-state index in [0.717, 1.165) is 10.5 Å². The number of imide groups is 1. The van der Waals surface area contributed by atoms with Crippen molar-refractivity contribution in [1.82, 2.24) is 20.2 Å². The maximum absolute atomic E-state index is 13.1. The van der Waals surface area contributed by atoms with Crippen LogP contribution in [-0.2, 0) is 17.9 Å². The van der Waals surface area contributed by atoms with Gasteiger partial charge in [0.1, 0.15) is 11.4 Å². The molecular formula is C23H22N4O6S. The van der Waals surface area contributed by atoms with Gasteiger partial charge < -0.3 is 15.2 Å². The SMILES string of the molecule is COc1cccc(CNC(=O)S2=CN3C(=C2)C(=O)N(Cc2ccc(C(=O)O)cc2)C(=O)N3C)c1. The summed E-state index contributed by atoms with van der Waals surface area (Å²) in [7, 11) is 2.03. The number of urea groups is 1. The zero-order valence-electron chi connectivity index (χ0n) is 18.4. The van der Waals surface area contributed by atoms with Gasteiger partial charge >= 0.3 is 12.0 Å². The second-order valence-corrected chi connectivity index (χ2v) is 9.08. The topological polar surface area (TPSA) is 119 Å². The van der Waals surface area contributed by atoms with Crippen molar-refractivity contribution in [3.05, 3.63) is 76.3 Å². The number of carboxylic acids is 1. The third-order valence-electron chi connectivity index (χ3n) is 5.32. The average molecular weight is 483 g/mol. The van der Waals surface area contributed by atoms with Gasteiger partial charge in [0.2, 0.25) is 0 Å². The van der Waals surface area contributed by atoms with Gasteiger partial charge in [-0.3, -0.25) is 14.5 Å². The van der Waals surface area contributed by atoms with Crippen molar-refractivity contribution in [2.75, 3.05) is 14.2 Å². The predicted octanol–water partition coefficient (Wildman–Crippen LogP) is 2.80. The highest BCUT2D eigenvalue weighted by Crippen LogP contribution is 2.32. The summed E-state index contributed by atoms with van der Waals surface area (Å²) < 4.78 is 5.19. The van der Waals surface area contributed by atoms with E-state index in [9.17, 15) is 19.2 Å². The lowest BCUT2D eigenvalue weighted by Crippen LogP contribution is -2.57. The van der Waals surface area contributed by atoms with Gasteiger partial charge in [-0.1, -0.05) is 34.7 Å². The molecule has 2 aromatic rings. The highest BCUT2D eigenvalue weighted by atomic mass is 32.2. The molecule has 1 fully saturated rings. The van der Waals surface area contributed by atoms with E-state index >= 15 is 0 Å². The summed E-state index contributed by atoms with van der Waals surface area (Å²) >= 11 is 0. The molecular weight excluding hydrogens is 460 g/mol. The minimum Gasteiger partial charge on any atom is -0.497 e. The molecule has 4 rings (SSSR count). The molecule has 176 valence electrons. The Hall–Kier alpha value is -4.12. The van der Waals surface area contributed by atoms with E-state index in [0.29, 0.717) is 11.3 Å². The number of benzene rings is 2. The first-order valence-electron chi connectivity index (χ1n) is 10.2. The number of hydrogen-bond donors (Lipinski definition) is 2.